The summed E-state index contributed by atoms with van der Waals surface area (Å²) < 4.78 is 18.3. The molecule has 0 aliphatic heterocycles. The third-order valence-electron chi connectivity index (χ3n) is 0.977. The Kier molecular flexibility index (Phi) is 6.24. The minimum absolute atomic E-state index is 0.179. The van der Waals surface area contributed by atoms with Crippen LogP contribution in [0.3, 0.4) is 0 Å². The average molecular weight is 152 g/mol. The molecule has 0 saturated carbocycles. The van der Waals surface area contributed by atoms with Gasteiger partial charge in [0.25, 0.3) is 0 Å². The van der Waals surface area contributed by atoms with Crippen molar-refractivity contribution in [3.63, 3.8) is 0 Å². The Balaban J connectivity index is 2.83. The zero-order valence-corrected chi connectivity index (χ0v) is 6.06. The van der Waals surface area contributed by atoms with E-state index in [0.717, 1.165) is 19.3 Å². The molecule has 0 aliphatic rings. The molecule has 1 atom stereocenters. The summed E-state index contributed by atoms with van der Waals surface area (Å²) in [4.78, 5) is 0. The first-order valence-corrected chi connectivity index (χ1v) is 4.23. The highest BCUT2D eigenvalue weighted by Crippen LogP contribution is 1.94. The van der Waals surface area contributed by atoms with Crippen molar-refractivity contribution >= 4 is 11.1 Å². The topological polar surface area (TPSA) is 57.5 Å². The highest BCUT2D eigenvalue weighted by atomic mass is 32.2. The lowest BCUT2D eigenvalue weighted by atomic mass is 10.3. The molecule has 56 valence electrons. The van der Waals surface area contributed by atoms with Gasteiger partial charge in [-0.05, 0) is 12.8 Å². The van der Waals surface area contributed by atoms with Gasteiger partial charge in [-0.15, -0.1) is 0 Å². The highest BCUT2D eigenvalue weighted by Gasteiger charge is 1.91. The van der Waals surface area contributed by atoms with Crippen LogP contribution in [0.15, 0.2) is 0 Å². The minimum atomic E-state index is -1.65. The molecule has 0 saturated heterocycles. The third-order valence-corrected chi connectivity index (χ3v) is 1.61. The molecular weight excluding hydrogens is 140 g/mol. The Morgan fingerprint density at radius 2 is 1.89 bits per heavy atom. The van der Waals surface area contributed by atoms with Crippen molar-refractivity contribution in [2.75, 3.05) is 12.4 Å². The van der Waals surface area contributed by atoms with Crippen molar-refractivity contribution in [1.29, 1.82) is 0 Å². The van der Waals surface area contributed by atoms with Gasteiger partial charge in [0.15, 0.2) is 11.1 Å². The molecule has 0 rings (SSSR count). The number of unbranched alkanes of at least 4 members (excludes halogenated alkanes) is 2. The Morgan fingerprint density at radius 1 is 1.22 bits per heavy atom. The molecule has 0 aliphatic carbocycles. The van der Waals surface area contributed by atoms with Crippen molar-refractivity contribution in [2.24, 2.45) is 0 Å². The summed E-state index contributed by atoms with van der Waals surface area (Å²) in [5.74, 6) is 0.333. The lowest BCUT2D eigenvalue weighted by Gasteiger charge is -1.93. The quantitative estimate of drug-likeness (QED) is 0.442. The maximum Gasteiger partial charge on any atom is 0.152 e. The van der Waals surface area contributed by atoms with E-state index in [2.05, 4.69) is 0 Å². The fourth-order valence-electron chi connectivity index (χ4n) is 0.514. The summed E-state index contributed by atoms with van der Waals surface area (Å²) in [5.41, 5.74) is 0. The first-order chi connectivity index (χ1) is 4.27. The fourth-order valence-corrected chi connectivity index (χ4v) is 0.965. The van der Waals surface area contributed by atoms with Crippen molar-refractivity contribution in [1.82, 2.24) is 0 Å². The van der Waals surface area contributed by atoms with Crippen LogP contribution in [0.25, 0.3) is 0 Å². The van der Waals surface area contributed by atoms with Gasteiger partial charge < -0.3 is 9.66 Å². The molecule has 0 aromatic heterocycles. The van der Waals surface area contributed by atoms with Crippen molar-refractivity contribution < 1.29 is 13.9 Å². The van der Waals surface area contributed by atoms with Crippen LogP contribution in [0, 0.1) is 0 Å². The van der Waals surface area contributed by atoms with Gasteiger partial charge in [-0.3, -0.25) is 0 Å². The van der Waals surface area contributed by atoms with Crippen LogP contribution in [0.4, 0.5) is 0 Å². The Labute approximate surface area is 57.4 Å². The maximum absolute atomic E-state index is 10.0. The molecule has 4 heteroatoms. The molecule has 2 N–H and O–H groups in total. The molecule has 0 bridgehead atoms. The molecule has 0 heterocycles. The van der Waals surface area contributed by atoms with Crippen LogP contribution in [-0.4, -0.2) is 26.2 Å². The SMILES string of the molecule is O=S(O)CCCCCO. The summed E-state index contributed by atoms with van der Waals surface area (Å²) in [6.07, 6.45) is 2.30. The normalized spacial score (nSPS) is 13.6. The van der Waals surface area contributed by atoms with E-state index in [4.69, 9.17) is 9.66 Å². The van der Waals surface area contributed by atoms with Crippen molar-refractivity contribution in [3.8, 4) is 0 Å². The smallest absolute Gasteiger partial charge is 0.152 e. The van der Waals surface area contributed by atoms with Crippen LogP contribution in [-0.2, 0) is 11.1 Å². The second-order valence-electron chi connectivity index (χ2n) is 1.81. The average Bonchev–Trinajstić information content (AvgIpc) is 1.80. The lowest BCUT2D eigenvalue weighted by Crippen LogP contribution is -1.94. The van der Waals surface area contributed by atoms with E-state index in [1.54, 1.807) is 0 Å². The zero-order chi connectivity index (χ0) is 7.11. The van der Waals surface area contributed by atoms with E-state index in [0.29, 0.717) is 5.75 Å². The van der Waals surface area contributed by atoms with E-state index in [1.807, 2.05) is 0 Å². The zero-order valence-electron chi connectivity index (χ0n) is 5.25. The molecule has 9 heavy (non-hydrogen) atoms. The fraction of sp³-hybridized carbons (Fsp3) is 1.00. The summed E-state index contributed by atoms with van der Waals surface area (Å²) in [7, 11) is 0. The van der Waals surface area contributed by atoms with Crippen LogP contribution in [0.5, 0.6) is 0 Å². The summed E-state index contributed by atoms with van der Waals surface area (Å²) in [6, 6.07) is 0. The molecule has 0 radical (unpaired) electrons. The molecule has 3 nitrogen and oxygen atoms in total. The third kappa shape index (κ3) is 8.07. The lowest BCUT2D eigenvalue weighted by molar-refractivity contribution is 0.284. The number of rotatable bonds is 5. The van der Waals surface area contributed by atoms with E-state index in [1.165, 1.54) is 0 Å². The maximum atomic E-state index is 10.0. The van der Waals surface area contributed by atoms with Gasteiger partial charge >= 0.3 is 0 Å². The molecule has 1 unspecified atom stereocenters. The predicted octanol–water partition coefficient (Wildman–Crippen LogP) is 0.371. The number of hydrogen-bond donors (Lipinski definition) is 2. The monoisotopic (exact) mass is 152 g/mol. The summed E-state index contributed by atoms with van der Waals surface area (Å²) in [6.45, 7) is 0.179. The van der Waals surface area contributed by atoms with E-state index >= 15 is 0 Å². The van der Waals surface area contributed by atoms with E-state index < -0.39 is 11.1 Å². The number of aliphatic hydroxyl groups excluding tert-OH is 1. The molecule has 0 fully saturated rings. The Hall–Kier alpha value is 0.0700. The molecule has 0 aromatic carbocycles. The van der Waals surface area contributed by atoms with Gasteiger partial charge in [0.1, 0.15) is 0 Å². The molecular formula is C5H12O3S. The summed E-state index contributed by atoms with van der Waals surface area (Å²) >= 11 is -1.65. The van der Waals surface area contributed by atoms with Crippen LogP contribution in [0.2, 0.25) is 0 Å². The van der Waals surface area contributed by atoms with Gasteiger partial charge in [0, 0.05) is 12.4 Å². The highest BCUT2D eigenvalue weighted by molar-refractivity contribution is 7.79. The van der Waals surface area contributed by atoms with Crippen LogP contribution in [0.1, 0.15) is 19.3 Å². The minimum Gasteiger partial charge on any atom is -0.396 e. The number of aliphatic hydroxyl groups is 1. The standard InChI is InChI=1S/C5H12O3S/c6-4-2-1-3-5-9(7)8/h6H,1-5H2,(H,7,8). The second kappa shape index (κ2) is 6.19. The van der Waals surface area contributed by atoms with Crippen molar-refractivity contribution in [2.45, 2.75) is 19.3 Å². The second-order valence-corrected chi connectivity index (χ2v) is 2.86. The van der Waals surface area contributed by atoms with E-state index in [9.17, 15) is 4.21 Å². The Bertz CT molecular complexity index is 84.3. The largest absolute Gasteiger partial charge is 0.396 e. The van der Waals surface area contributed by atoms with Gasteiger partial charge in [0.2, 0.25) is 0 Å². The molecule has 0 spiro atoms. The molecule has 0 amide bonds. The van der Waals surface area contributed by atoms with Crippen molar-refractivity contribution in [3.05, 3.63) is 0 Å². The first kappa shape index (κ1) is 9.07. The van der Waals surface area contributed by atoms with Gasteiger partial charge in [-0.1, -0.05) is 6.42 Å². The predicted molar refractivity (Wildman–Crippen MR) is 36.6 cm³/mol. The van der Waals surface area contributed by atoms with E-state index in [-0.39, 0.29) is 6.61 Å². The Morgan fingerprint density at radius 3 is 2.33 bits per heavy atom. The van der Waals surface area contributed by atoms with Gasteiger partial charge in [-0.2, -0.15) is 0 Å². The van der Waals surface area contributed by atoms with Crippen LogP contribution >= 0.6 is 0 Å². The summed E-state index contributed by atoms with van der Waals surface area (Å²) in [5, 5.41) is 8.29. The first-order valence-electron chi connectivity index (χ1n) is 2.95. The van der Waals surface area contributed by atoms with Gasteiger partial charge in [0.05, 0.1) is 0 Å². The van der Waals surface area contributed by atoms with Gasteiger partial charge in [-0.25, -0.2) is 4.21 Å². The number of hydrogen-bond acceptors (Lipinski definition) is 2. The van der Waals surface area contributed by atoms with Crippen LogP contribution < -0.4 is 0 Å². The molecule has 0 aromatic rings.